The fraction of sp³-hybridized carbons (Fsp3) is 0.643. The van der Waals surface area contributed by atoms with Crippen molar-refractivity contribution in [2.24, 2.45) is 5.92 Å². The van der Waals surface area contributed by atoms with E-state index in [2.05, 4.69) is 40.9 Å². The third-order valence-corrected chi connectivity index (χ3v) is 5.04. The average molecular weight is 279 g/mol. The molecule has 2 aromatic rings. The molecule has 3 heterocycles. The molecule has 0 aliphatic carbocycles. The lowest BCUT2D eigenvalue weighted by Crippen LogP contribution is -2.33. The second kappa shape index (κ2) is 5.23. The van der Waals surface area contributed by atoms with Gasteiger partial charge >= 0.3 is 0 Å². The third-order valence-electron chi connectivity index (χ3n) is 4.09. The predicted octanol–water partition coefficient (Wildman–Crippen LogP) is 2.53. The number of ether oxygens (including phenoxy) is 1. The SMILES string of the molecule is Cc1nc2scc(C)n2c1CNC(C)C1CCOC1. The van der Waals surface area contributed by atoms with Crippen molar-refractivity contribution in [1.29, 1.82) is 0 Å². The van der Waals surface area contributed by atoms with Gasteiger partial charge in [-0.2, -0.15) is 0 Å². The summed E-state index contributed by atoms with van der Waals surface area (Å²) in [5.74, 6) is 0.646. The van der Waals surface area contributed by atoms with Crippen LogP contribution in [-0.2, 0) is 11.3 Å². The first-order valence-electron chi connectivity index (χ1n) is 6.90. The van der Waals surface area contributed by atoms with Gasteiger partial charge in [0.2, 0.25) is 0 Å². The number of thiazole rings is 1. The molecule has 19 heavy (non-hydrogen) atoms. The summed E-state index contributed by atoms with van der Waals surface area (Å²) in [6.45, 7) is 9.18. The Kier molecular flexibility index (Phi) is 3.60. The van der Waals surface area contributed by atoms with E-state index in [1.165, 1.54) is 17.8 Å². The molecule has 0 saturated carbocycles. The zero-order valence-electron chi connectivity index (χ0n) is 11.8. The van der Waals surface area contributed by atoms with Gasteiger partial charge in [-0.15, -0.1) is 11.3 Å². The van der Waals surface area contributed by atoms with Crippen LogP contribution in [0.2, 0.25) is 0 Å². The molecule has 1 N–H and O–H groups in total. The molecule has 5 heteroatoms. The molecule has 2 unspecified atom stereocenters. The number of imidazole rings is 1. The highest BCUT2D eigenvalue weighted by molar-refractivity contribution is 7.15. The number of hydrogen-bond donors (Lipinski definition) is 1. The van der Waals surface area contributed by atoms with E-state index in [9.17, 15) is 0 Å². The van der Waals surface area contributed by atoms with Crippen molar-refractivity contribution < 1.29 is 4.74 Å². The Morgan fingerprint density at radius 3 is 3.16 bits per heavy atom. The van der Waals surface area contributed by atoms with Crippen molar-refractivity contribution in [3.8, 4) is 0 Å². The van der Waals surface area contributed by atoms with Gasteiger partial charge in [-0.05, 0) is 33.1 Å². The van der Waals surface area contributed by atoms with Crippen LogP contribution >= 0.6 is 11.3 Å². The van der Waals surface area contributed by atoms with E-state index >= 15 is 0 Å². The molecule has 0 radical (unpaired) electrons. The van der Waals surface area contributed by atoms with E-state index in [0.29, 0.717) is 12.0 Å². The maximum absolute atomic E-state index is 5.46. The summed E-state index contributed by atoms with van der Waals surface area (Å²) in [4.78, 5) is 5.73. The Hall–Kier alpha value is -0.910. The van der Waals surface area contributed by atoms with E-state index in [0.717, 1.165) is 30.4 Å². The molecule has 1 aliphatic rings. The summed E-state index contributed by atoms with van der Waals surface area (Å²) in [6, 6.07) is 0.492. The van der Waals surface area contributed by atoms with Gasteiger partial charge < -0.3 is 10.1 Å². The zero-order valence-corrected chi connectivity index (χ0v) is 12.6. The lowest BCUT2D eigenvalue weighted by molar-refractivity contribution is 0.178. The smallest absolute Gasteiger partial charge is 0.194 e. The van der Waals surface area contributed by atoms with Crippen molar-refractivity contribution in [3.05, 3.63) is 22.5 Å². The van der Waals surface area contributed by atoms with Gasteiger partial charge in [0.15, 0.2) is 4.96 Å². The van der Waals surface area contributed by atoms with Gasteiger partial charge in [-0.3, -0.25) is 4.40 Å². The van der Waals surface area contributed by atoms with Crippen LogP contribution < -0.4 is 5.32 Å². The first-order chi connectivity index (χ1) is 9.16. The van der Waals surface area contributed by atoms with Gasteiger partial charge in [0.1, 0.15) is 0 Å². The Morgan fingerprint density at radius 2 is 2.42 bits per heavy atom. The number of rotatable bonds is 4. The summed E-state index contributed by atoms with van der Waals surface area (Å²) in [5, 5.41) is 5.81. The van der Waals surface area contributed by atoms with E-state index in [4.69, 9.17) is 4.74 Å². The average Bonchev–Trinajstić information content (AvgIpc) is 3.07. The van der Waals surface area contributed by atoms with Crippen LogP contribution in [0.4, 0.5) is 0 Å². The first kappa shape index (κ1) is 13.1. The fourth-order valence-electron chi connectivity index (χ4n) is 2.75. The minimum atomic E-state index is 0.492. The Morgan fingerprint density at radius 1 is 1.58 bits per heavy atom. The fourth-order valence-corrected chi connectivity index (χ4v) is 3.68. The number of fused-ring (bicyclic) bond motifs is 1. The van der Waals surface area contributed by atoms with E-state index in [-0.39, 0.29) is 0 Å². The molecule has 0 amide bonds. The predicted molar refractivity (Wildman–Crippen MR) is 77.8 cm³/mol. The summed E-state index contributed by atoms with van der Waals surface area (Å²) in [6.07, 6.45) is 1.17. The van der Waals surface area contributed by atoms with Gasteiger partial charge in [-0.1, -0.05) is 0 Å². The molecule has 3 rings (SSSR count). The summed E-state index contributed by atoms with van der Waals surface area (Å²) >= 11 is 1.71. The highest BCUT2D eigenvalue weighted by Gasteiger charge is 2.22. The van der Waals surface area contributed by atoms with Gasteiger partial charge in [0.05, 0.1) is 18.0 Å². The molecule has 0 bridgehead atoms. The molecule has 104 valence electrons. The van der Waals surface area contributed by atoms with Crippen molar-refractivity contribution in [2.75, 3.05) is 13.2 Å². The van der Waals surface area contributed by atoms with Crippen LogP contribution in [0.5, 0.6) is 0 Å². The standard InChI is InChI=1S/C14H21N3OS/c1-9-8-19-14-16-11(3)13(17(9)14)6-15-10(2)12-4-5-18-7-12/h8,10,12,15H,4-7H2,1-3H3. The molecular weight excluding hydrogens is 258 g/mol. The van der Waals surface area contributed by atoms with E-state index < -0.39 is 0 Å². The van der Waals surface area contributed by atoms with Crippen LogP contribution in [0, 0.1) is 19.8 Å². The normalized spacial score (nSPS) is 21.3. The Balaban J connectivity index is 1.74. The molecule has 2 aromatic heterocycles. The van der Waals surface area contributed by atoms with E-state index in [1.807, 2.05) is 0 Å². The zero-order chi connectivity index (χ0) is 13.4. The van der Waals surface area contributed by atoms with Crippen LogP contribution in [0.25, 0.3) is 4.96 Å². The number of aryl methyl sites for hydroxylation is 2. The second-order valence-electron chi connectivity index (χ2n) is 5.43. The van der Waals surface area contributed by atoms with E-state index in [1.54, 1.807) is 11.3 Å². The quantitative estimate of drug-likeness (QED) is 0.934. The Bertz CT molecular complexity index is 569. The molecule has 2 atom stereocenters. The Labute approximate surface area is 117 Å². The maximum atomic E-state index is 5.46. The molecule has 1 fully saturated rings. The van der Waals surface area contributed by atoms with Crippen LogP contribution in [0.3, 0.4) is 0 Å². The van der Waals surface area contributed by atoms with Gasteiger partial charge in [0, 0.05) is 30.3 Å². The minimum Gasteiger partial charge on any atom is -0.381 e. The van der Waals surface area contributed by atoms with Crippen LogP contribution in [-0.4, -0.2) is 28.6 Å². The lowest BCUT2D eigenvalue weighted by Gasteiger charge is -2.19. The lowest BCUT2D eigenvalue weighted by atomic mass is 10.0. The number of nitrogens with one attached hydrogen (secondary N) is 1. The van der Waals surface area contributed by atoms with Gasteiger partial charge in [-0.25, -0.2) is 4.98 Å². The van der Waals surface area contributed by atoms with Crippen LogP contribution in [0.15, 0.2) is 5.38 Å². The highest BCUT2D eigenvalue weighted by Crippen LogP contribution is 2.21. The largest absolute Gasteiger partial charge is 0.381 e. The summed E-state index contributed by atoms with van der Waals surface area (Å²) in [5.41, 5.74) is 3.70. The minimum absolute atomic E-state index is 0.492. The first-order valence-corrected chi connectivity index (χ1v) is 7.78. The van der Waals surface area contributed by atoms with Crippen molar-refractivity contribution >= 4 is 16.3 Å². The number of hydrogen-bond acceptors (Lipinski definition) is 4. The molecule has 1 saturated heterocycles. The van der Waals surface area contributed by atoms with Crippen molar-refractivity contribution in [1.82, 2.24) is 14.7 Å². The number of aromatic nitrogens is 2. The molecule has 1 aliphatic heterocycles. The molecular formula is C14H21N3OS. The highest BCUT2D eigenvalue weighted by atomic mass is 32.1. The topological polar surface area (TPSA) is 38.6 Å². The second-order valence-corrected chi connectivity index (χ2v) is 6.27. The monoisotopic (exact) mass is 279 g/mol. The third kappa shape index (κ3) is 2.42. The maximum Gasteiger partial charge on any atom is 0.194 e. The molecule has 4 nitrogen and oxygen atoms in total. The summed E-state index contributed by atoms with van der Waals surface area (Å²) < 4.78 is 7.73. The van der Waals surface area contributed by atoms with Crippen molar-refractivity contribution in [2.45, 2.75) is 39.8 Å². The van der Waals surface area contributed by atoms with Crippen molar-refractivity contribution in [3.63, 3.8) is 0 Å². The molecule has 0 spiro atoms. The summed E-state index contributed by atoms with van der Waals surface area (Å²) in [7, 11) is 0. The van der Waals surface area contributed by atoms with Gasteiger partial charge in [0.25, 0.3) is 0 Å². The number of nitrogens with zero attached hydrogens (tertiary/aromatic N) is 2. The molecule has 0 aromatic carbocycles. The van der Waals surface area contributed by atoms with Crippen LogP contribution in [0.1, 0.15) is 30.4 Å².